The van der Waals surface area contributed by atoms with Gasteiger partial charge in [0, 0.05) is 39.0 Å². The average Bonchev–Trinajstić information content (AvgIpc) is 2.75. The number of nitrogens with two attached hydrogens (primary N) is 1. The Labute approximate surface area is 100.0 Å². The van der Waals surface area contributed by atoms with E-state index in [1.807, 2.05) is 30.3 Å². The molecule has 0 aliphatic rings. The van der Waals surface area contributed by atoms with E-state index in [0.717, 1.165) is 11.5 Å². The monoisotopic (exact) mass is 235 g/mol. The van der Waals surface area contributed by atoms with Crippen LogP contribution in [0, 0.1) is 0 Å². The van der Waals surface area contributed by atoms with E-state index in [2.05, 4.69) is 10.1 Å². The molecular formula is C11H17N5O. The lowest BCUT2D eigenvalue weighted by Gasteiger charge is -2.21. The fourth-order valence-electron chi connectivity index (χ4n) is 1.73. The van der Waals surface area contributed by atoms with Crippen LogP contribution < -0.4 is 10.6 Å². The number of hydrogen-bond donors (Lipinski definition) is 1. The molecule has 0 saturated heterocycles. The van der Waals surface area contributed by atoms with Gasteiger partial charge in [-0.2, -0.15) is 5.10 Å². The first kappa shape index (κ1) is 11.8. The van der Waals surface area contributed by atoms with Crippen LogP contribution >= 0.6 is 0 Å². The molecule has 0 aliphatic carbocycles. The minimum absolute atomic E-state index is 0.0204. The molecular weight excluding hydrogens is 218 g/mol. The third-order valence-electron chi connectivity index (χ3n) is 2.52. The lowest BCUT2D eigenvalue weighted by molar-refractivity contribution is 0.181. The largest absolute Gasteiger partial charge is 0.383 e. The van der Waals surface area contributed by atoms with E-state index >= 15 is 0 Å². The van der Waals surface area contributed by atoms with Crippen molar-refractivity contribution in [3.63, 3.8) is 0 Å². The number of nitrogens with zero attached hydrogens (tertiary/aromatic N) is 4. The number of hydrogen-bond acceptors (Lipinski definition) is 5. The van der Waals surface area contributed by atoms with Crippen LogP contribution in [0.1, 0.15) is 0 Å². The summed E-state index contributed by atoms with van der Waals surface area (Å²) >= 11 is 0. The fraction of sp³-hybridized carbons (Fsp3) is 0.455. The van der Waals surface area contributed by atoms with Gasteiger partial charge in [-0.1, -0.05) is 0 Å². The predicted molar refractivity (Wildman–Crippen MR) is 66.1 cm³/mol. The van der Waals surface area contributed by atoms with E-state index in [9.17, 15) is 0 Å². The number of anilines is 1. The van der Waals surface area contributed by atoms with Crippen LogP contribution in [0.25, 0.3) is 5.65 Å². The van der Waals surface area contributed by atoms with Crippen molar-refractivity contribution in [3.05, 3.63) is 24.5 Å². The van der Waals surface area contributed by atoms with Crippen molar-refractivity contribution in [1.29, 1.82) is 0 Å². The summed E-state index contributed by atoms with van der Waals surface area (Å²) in [7, 11) is 3.61. The molecule has 0 fully saturated rings. The number of ether oxygens (including phenoxy) is 1. The summed E-state index contributed by atoms with van der Waals surface area (Å²) in [4.78, 5) is 6.49. The Kier molecular flexibility index (Phi) is 3.55. The van der Waals surface area contributed by atoms with Crippen molar-refractivity contribution >= 4 is 11.5 Å². The normalized spacial score (nSPS) is 12.9. The Morgan fingerprint density at radius 3 is 3.12 bits per heavy atom. The first-order valence-corrected chi connectivity index (χ1v) is 5.47. The first-order chi connectivity index (χ1) is 8.20. The van der Waals surface area contributed by atoms with Crippen molar-refractivity contribution in [2.45, 2.75) is 6.04 Å². The van der Waals surface area contributed by atoms with Crippen LogP contribution in [0.2, 0.25) is 0 Å². The Morgan fingerprint density at radius 1 is 1.53 bits per heavy atom. The van der Waals surface area contributed by atoms with Gasteiger partial charge in [0.15, 0.2) is 5.65 Å². The summed E-state index contributed by atoms with van der Waals surface area (Å²) < 4.78 is 6.74. The van der Waals surface area contributed by atoms with E-state index < -0.39 is 0 Å². The number of rotatable bonds is 5. The Balaban J connectivity index is 2.09. The van der Waals surface area contributed by atoms with E-state index in [1.165, 1.54) is 0 Å². The molecule has 0 spiro atoms. The lowest BCUT2D eigenvalue weighted by Crippen LogP contribution is -2.38. The van der Waals surface area contributed by atoms with Gasteiger partial charge in [-0.3, -0.25) is 0 Å². The van der Waals surface area contributed by atoms with Crippen LogP contribution in [0.15, 0.2) is 24.5 Å². The zero-order valence-electron chi connectivity index (χ0n) is 10.1. The van der Waals surface area contributed by atoms with Crippen LogP contribution in [-0.4, -0.2) is 47.9 Å². The third kappa shape index (κ3) is 2.72. The van der Waals surface area contributed by atoms with Crippen LogP contribution in [0.3, 0.4) is 0 Å². The molecule has 6 heteroatoms. The quantitative estimate of drug-likeness (QED) is 0.798. The Morgan fingerprint density at radius 2 is 2.35 bits per heavy atom. The molecule has 2 aromatic rings. The van der Waals surface area contributed by atoms with Gasteiger partial charge < -0.3 is 15.4 Å². The molecule has 0 bridgehead atoms. The van der Waals surface area contributed by atoms with Crippen molar-refractivity contribution in [1.82, 2.24) is 14.6 Å². The molecule has 0 radical (unpaired) electrons. The summed E-state index contributed by atoms with van der Waals surface area (Å²) in [5.74, 6) is 0.879. The zero-order valence-corrected chi connectivity index (χ0v) is 10.1. The highest BCUT2D eigenvalue weighted by Crippen LogP contribution is 2.10. The Bertz CT molecular complexity index is 483. The molecule has 2 N–H and O–H groups in total. The molecule has 2 aromatic heterocycles. The maximum atomic E-state index is 5.90. The average molecular weight is 235 g/mol. The van der Waals surface area contributed by atoms with E-state index in [1.54, 1.807) is 17.8 Å². The first-order valence-electron chi connectivity index (χ1n) is 5.47. The molecule has 0 aliphatic heterocycles. The number of aromatic nitrogens is 3. The maximum Gasteiger partial charge on any atom is 0.157 e. The molecule has 0 amide bonds. The van der Waals surface area contributed by atoms with Gasteiger partial charge in [0.2, 0.25) is 0 Å². The summed E-state index contributed by atoms with van der Waals surface area (Å²) in [5, 5.41) is 4.10. The molecule has 1 atom stereocenters. The summed E-state index contributed by atoms with van der Waals surface area (Å²) in [5.41, 5.74) is 6.73. The SMILES string of the molecule is COCC(N)CN(C)c1ccn2nccc2n1. The van der Waals surface area contributed by atoms with E-state index in [-0.39, 0.29) is 6.04 Å². The second-order valence-corrected chi connectivity index (χ2v) is 4.02. The molecule has 2 rings (SSSR count). The van der Waals surface area contributed by atoms with Gasteiger partial charge >= 0.3 is 0 Å². The molecule has 0 aromatic carbocycles. The van der Waals surface area contributed by atoms with Gasteiger partial charge in [-0.15, -0.1) is 0 Å². The highest BCUT2D eigenvalue weighted by atomic mass is 16.5. The van der Waals surface area contributed by atoms with Gasteiger partial charge in [-0.05, 0) is 6.07 Å². The molecule has 1 unspecified atom stereocenters. The molecule has 2 heterocycles. The molecule has 92 valence electrons. The Hall–Kier alpha value is -1.66. The van der Waals surface area contributed by atoms with E-state index in [0.29, 0.717) is 13.2 Å². The second kappa shape index (κ2) is 5.11. The third-order valence-corrected chi connectivity index (χ3v) is 2.52. The van der Waals surface area contributed by atoms with Crippen molar-refractivity contribution in [2.24, 2.45) is 5.73 Å². The lowest BCUT2D eigenvalue weighted by atomic mass is 10.3. The number of methoxy groups -OCH3 is 1. The highest BCUT2D eigenvalue weighted by Gasteiger charge is 2.09. The van der Waals surface area contributed by atoms with Gasteiger partial charge in [0.05, 0.1) is 12.8 Å². The highest BCUT2D eigenvalue weighted by molar-refractivity contribution is 5.46. The maximum absolute atomic E-state index is 5.90. The fourth-order valence-corrected chi connectivity index (χ4v) is 1.73. The van der Waals surface area contributed by atoms with Gasteiger partial charge in [-0.25, -0.2) is 9.50 Å². The minimum Gasteiger partial charge on any atom is -0.383 e. The van der Waals surface area contributed by atoms with Gasteiger partial charge in [0.25, 0.3) is 0 Å². The molecule has 17 heavy (non-hydrogen) atoms. The summed E-state index contributed by atoms with van der Waals surface area (Å²) in [6, 6.07) is 3.76. The van der Waals surface area contributed by atoms with Crippen LogP contribution in [-0.2, 0) is 4.74 Å². The molecule has 0 saturated carbocycles. The van der Waals surface area contributed by atoms with E-state index in [4.69, 9.17) is 10.5 Å². The van der Waals surface area contributed by atoms with Crippen molar-refractivity contribution < 1.29 is 4.74 Å². The zero-order chi connectivity index (χ0) is 12.3. The molecule has 6 nitrogen and oxygen atoms in total. The van der Waals surface area contributed by atoms with Crippen molar-refractivity contribution in [3.8, 4) is 0 Å². The predicted octanol–water partition coefficient (Wildman–Crippen LogP) is 0.139. The topological polar surface area (TPSA) is 68.7 Å². The number of fused-ring (bicyclic) bond motifs is 1. The standard InChI is InChI=1S/C11H17N5O/c1-15(7-9(12)8-17-2)10-4-6-16-11(14-10)3-5-13-16/h3-6,9H,7-8,12H2,1-2H3. The minimum atomic E-state index is -0.0204. The smallest absolute Gasteiger partial charge is 0.157 e. The second-order valence-electron chi connectivity index (χ2n) is 4.02. The number of likely N-dealkylation sites (N-methyl/N-ethyl adjacent to an activating group) is 1. The van der Waals surface area contributed by atoms with Crippen LogP contribution in [0.4, 0.5) is 5.82 Å². The van der Waals surface area contributed by atoms with Gasteiger partial charge in [0.1, 0.15) is 5.82 Å². The van der Waals surface area contributed by atoms with Crippen molar-refractivity contribution in [2.75, 3.05) is 32.2 Å². The van der Waals surface area contributed by atoms with Crippen LogP contribution in [0.5, 0.6) is 0 Å². The summed E-state index contributed by atoms with van der Waals surface area (Å²) in [6.07, 6.45) is 3.61. The summed E-state index contributed by atoms with van der Waals surface area (Å²) in [6.45, 7) is 1.24.